The predicted molar refractivity (Wildman–Crippen MR) is 115 cm³/mol. The first-order valence-electron chi connectivity index (χ1n) is 10.8. The van der Waals surface area contributed by atoms with Crippen LogP contribution in [0.5, 0.6) is 5.75 Å². The molecule has 30 heavy (non-hydrogen) atoms. The van der Waals surface area contributed by atoms with E-state index in [0.717, 1.165) is 68.6 Å². The van der Waals surface area contributed by atoms with Gasteiger partial charge in [-0.05, 0) is 49.9 Å². The van der Waals surface area contributed by atoms with E-state index in [1.165, 1.54) is 0 Å². The highest BCUT2D eigenvalue weighted by Crippen LogP contribution is 2.26. The zero-order valence-corrected chi connectivity index (χ0v) is 17.1. The number of nitrogens with zero attached hydrogens (tertiary/aromatic N) is 3. The number of fused-ring (bicyclic) bond motifs is 1. The molecule has 2 aromatic heterocycles. The van der Waals surface area contributed by atoms with Crippen LogP contribution in [0.15, 0.2) is 59.3 Å². The van der Waals surface area contributed by atoms with Gasteiger partial charge < -0.3 is 14.1 Å². The van der Waals surface area contributed by atoms with Crippen molar-refractivity contribution in [3.8, 4) is 5.75 Å². The summed E-state index contributed by atoms with van der Waals surface area (Å²) < 4.78 is 11.9. The molecule has 0 aliphatic carbocycles. The minimum absolute atomic E-state index is 0.00843. The van der Waals surface area contributed by atoms with E-state index in [2.05, 4.69) is 9.88 Å². The molecule has 1 amide bonds. The summed E-state index contributed by atoms with van der Waals surface area (Å²) in [7, 11) is 0. The number of benzene rings is 1. The number of hydrogen-bond acceptors (Lipinski definition) is 5. The van der Waals surface area contributed by atoms with Crippen LogP contribution in [0.4, 0.5) is 0 Å². The SMILES string of the molecule is O=C(c1cc2ccccc2o1)N1CCC(N2CCC(Oc3ccncc3)CC2)CC1. The fraction of sp³-hybridized carbons (Fsp3) is 0.417. The molecule has 6 nitrogen and oxygen atoms in total. The average Bonchev–Trinajstić information content (AvgIpc) is 3.24. The topological polar surface area (TPSA) is 58.8 Å². The second-order valence-corrected chi connectivity index (χ2v) is 8.21. The number of pyridine rings is 1. The number of aromatic nitrogens is 1. The summed E-state index contributed by atoms with van der Waals surface area (Å²) in [6, 6.07) is 14.0. The van der Waals surface area contributed by atoms with Crippen LogP contribution in [0.25, 0.3) is 11.0 Å². The number of furan rings is 1. The van der Waals surface area contributed by atoms with Crippen molar-refractivity contribution in [2.45, 2.75) is 37.8 Å². The molecule has 4 heterocycles. The van der Waals surface area contributed by atoms with Gasteiger partial charge in [0.2, 0.25) is 0 Å². The number of ether oxygens (including phenoxy) is 1. The maximum Gasteiger partial charge on any atom is 0.289 e. The zero-order chi connectivity index (χ0) is 20.3. The number of amides is 1. The van der Waals surface area contributed by atoms with Crippen molar-refractivity contribution in [3.63, 3.8) is 0 Å². The summed E-state index contributed by atoms with van der Waals surface area (Å²) in [5.74, 6) is 1.36. The van der Waals surface area contributed by atoms with Crippen LogP contribution < -0.4 is 4.74 Å². The quantitative estimate of drug-likeness (QED) is 0.657. The van der Waals surface area contributed by atoms with E-state index in [1.807, 2.05) is 47.4 Å². The monoisotopic (exact) mass is 405 g/mol. The summed E-state index contributed by atoms with van der Waals surface area (Å²) in [4.78, 5) is 21.4. The van der Waals surface area contributed by atoms with Gasteiger partial charge in [0.1, 0.15) is 17.4 Å². The molecule has 0 unspecified atom stereocenters. The summed E-state index contributed by atoms with van der Waals surface area (Å²) >= 11 is 0. The second-order valence-electron chi connectivity index (χ2n) is 8.21. The van der Waals surface area contributed by atoms with Crippen molar-refractivity contribution in [3.05, 3.63) is 60.6 Å². The third-order valence-electron chi connectivity index (χ3n) is 6.33. The molecule has 0 spiro atoms. The number of hydrogen-bond donors (Lipinski definition) is 0. The first kappa shape index (κ1) is 19.1. The Morgan fingerprint density at radius 2 is 1.70 bits per heavy atom. The van der Waals surface area contributed by atoms with E-state index < -0.39 is 0 Å². The van der Waals surface area contributed by atoms with Gasteiger partial charge in [0, 0.05) is 50.0 Å². The third kappa shape index (κ3) is 4.05. The molecule has 1 aromatic carbocycles. The molecule has 2 aliphatic heterocycles. The molecule has 0 radical (unpaired) electrons. The maximum atomic E-state index is 12.9. The number of likely N-dealkylation sites (tertiary alicyclic amines) is 2. The first-order valence-corrected chi connectivity index (χ1v) is 10.8. The van der Waals surface area contributed by atoms with Gasteiger partial charge in [0.25, 0.3) is 5.91 Å². The molecule has 0 N–H and O–H groups in total. The molecule has 2 saturated heterocycles. The second kappa shape index (κ2) is 8.48. The normalized spacial score (nSPS) is 19.3. The Bertz CT molecular complexity index is 954. The summed E-state index contributed by atoms with van der Waals surface area (Å²) in [6.07, 6.45) is 7.93. The molecule has 3 aromatic rings. The molecule has 0 bridgehead atoms. The molecule has 5 rings (SSSR count). The number of piperidine rings is 2. The lowest BCUT2D eigenvalue weighted by Crippen LogP contribution is -2.50. The Labute approximate surface area is 176 Å². The molecule has 6 heteroatoms. The van der Waals surface area contributed by atoms with Crippen LogP contribution in [0, 0.1) is 0 Å². The molecule has 0 atom stereocenters. The Balaban J connectivity index is 1.11. The molecule has 2 fully saturated rings. The van der Waals surface area contributed by atoms with Crippen LogP contribution in [0.2, 0.25) is 0 Å². The number of carbonyl (C=O) groups is 1. The van der Waals surface area contributed by atoms with Gasteiger partial charge in [0.05, 0.1) is 0 Å². The Morgan fingerprint density at radius 3 is 2.43 bits per heavy atom. The highest BCUT2D eigenvalue weighted by atomic mass is 16.5. The molecule has 0 saturated carbocycles. The van der Waals surface area contributed by atoms with Crippen LogP contribution in [-0.2, 0) is 0 Å². The van der Waals surface area contributed by atoms with Crippen molar-refractivity contribution in [2.75, 3.05) is 26.2 Å². The van der Waals surface area contributed by atoms with Gasteiger partial charge in [-0.3, -0.25) is 14.7 Å². The molecule has 2 aliphatic rings. The minimum atomic E-state index is 0.00843. The van der Waals surface area contributed by atoms with Gasteiger partial charge >= 0.3 is 0 Å². The number of rotatable bonds is 4. The Hall–Kier alpha value is -2.86. The predicted octanol–water partition coefficient (Wildman–Crippen LogP) is 3.98. The van der Waals surface area contributed by atoms with Gasteiger partial charge in [0.15, 0.2) is 5.76 Å². The Morgan fingerprint density at radius 1 is 0.967 bits per heavy atom. The molecule has 156 valence electrons. The van der Waals surface area contributed by atoms with Crippen molar-refractivity contribution < 1.29 is 13.9 Å². The summed E-state index contributed by atoms with van der Waals surface area (Å²) in [6.45, 7) is 3.68. The van der Waals surface area contributed by atoms with Gasteiger partial charge in [-0.2, -0.15) is 0 Å². The van der Waals surface area contributed by atoms with E-state index in [0.29, 0.717) is 11.8 Å². The van der Waals surface area contributed by atoms with Crippen molar-refractivity contribution >= 4 is 16.9 Å². The lowest BCUT2D eigenvalue weighted by atomic mass is 9.98. The van der Waals surface area contributed by atoms with E-state index in [-0.39, 0.29) is 12.0 Å². The largest absolute Gasteiger partial charge is 0.490 e. The third-order valence-corrected chi connectivity index (χ3v) is 6.33. The van der Waals surface area contributed by atoms with Crippen molar-refractivity contribution in [2.24, 2.45) is 0 Å². The number of carbonyl (C=O) groups excluding carboxylic acids is 1. The molecular formula is C24H27N3O3. The van der Waals surface area contributed by atoms with Gasteiger partial charge in [-0.15, -0.1) is 0 Å². The van der Waals surface area contributed by atoms with Crippen molar-refractivity contribution in [1.82, 2.24) is 14.8 Å². The fourth-order valence-electron chi connectivity index (χ4n) is 4.65. The lowest BCUT2D eigenvalue weighted by molar-refractivity contribution is 0.0412. The van der Waals surface area contributed by atoms with Crippen LogP contribution in [0.3, 0.4) is 0 Å². The minimum Gasteiger partial charge on any atom is -0.490 e. The first-order chi connectivity index (χ1) is 14.8. The Kier molecular flexibility index (Phi) is 5.41. The smallest absolute Gasteiger partial charge is 0.289 e. The standard InChI is InChI=1S/C24H27N3O3/c28-24(23-17-18-3-1-2-4-22(18)30-23)27-13-7-19(8-14-27)26-15-9-21(10-16-26)29-20-5-11-25-12-6-20/h1-6,11-12,17,19,21H,7-10,13-16H2. The van der Waals surface area contributed by atoms with E-state index >= 15 is 0 Å². The number of para-hydroxylation sites is 1. The van der Waals surface area contributed by atoms with Crippen LogP contribution >= 0.6 is 0 Å². The molecular weight excluding hydrogens is 378 g/mol. The maximum absolute atomic E-state index is 12.9. The zero-order valence-electron chi connectivity index (χ0n) is 17.1. The van der Waals surface area contributed by atoms with E-state index in [9.17, 15) is 4.79 Å². The summed E-state index contributed by atoms with van der Waals surface area (Å²) in [5.41, 5.74) is 0.771. The summed E-state index contributed by atoms with van der Waals surface area (Å²) in [5, 5.41) is 0.979. The van der Waals surface area contributed by atoms with Crippen LogP contribution in [0.1, 0.15) is 36.2 Å². The fourth-order valence-corrected chi connectivity index (χ4v) is 4.65. The highest BCUT2D eigenvalue weighted by molar-refractivity contribution is 5.96. The average molecular weight is 405 g/mol. The van der Waals surface area contributed by atoms with E-state index in [4.69, 9.17) is 9.15 Å². The van der Waals surface area contributed by atoms with E-state index in [1.54, 1.807) is 12.4 Å². The van der Waals surface area contributed by atoms with Gasteiger partial charge in [-0.1, -0.05) is 18.2 Å². The van der Waals surface area contributed by atoms with Gasteiger partial charge in [-0.25, -0.2) is 0 Å². The highest BCUT2D eigenvalue weighted by Gasteiger charge is 2.31. The van der Waals surface area contributed by atoms with Crippen LogP contribution in [-0.4, -0.2) is 59.0 Å². The lowest BCUT2D eigenvalue weighted by Gasteiger charge is -2.41. The van der Waals surface area contributed by atoms with Crippen molar-refractivity contribution in [1.29, 1.82) is 0 Å².